The molecule has 0 aliphatic heterocycles. The van der Waals surface area contributed by atoms with Crippen molar-refractivity contribution in [3.8, 4) is 5.75 Å². The zero-order chi connectivity index (χ0) is 11.6. The van der Waals surface area contributed by atoms with Gasteiger partial charge < -0.3 is 9.84 Å². The Labute approximate surface area is 98.1 Å². The molecule has 80 valence electrons. The Morgan fingerprint density at radius 1 is 1.60 bits per heavy atom. The lowest BCUT2D eigenvalue weighted by Crippen LogP contribution is -2.02. The van der Waals surface area contributed by atoms with Gasteiger partial charge in [-0.1, -0.05) is 0 Å². The van der Waals surface area contributed by atoms with Gasteiger partial charge in [0.2, 0.25) is 5.75 Å². The molecule has 0 aliphatic carbocycles. The van der Waals surface area contributed by atoms with Crippen LogP contribution in [0.25, 0.3) is 0 Å². The molecule has 0 aromatic heterocycles. The van der Waals surface area contributed by atoms with E-state index >= 15 is 0 Å². The lowest BCUT2D eigenvalue weighted by atomic mass is 10.2. The van der Waals surface area contributed by atoms with Crippen LogP contribution in [-0.4, -0.2) is 23.1 Å². The fourth-order valence-corrected chi connectivity index (χ4v) is 1.87. The number of ether oxygens (including phenoxy) is 1. The van der Waals surface area contributed by atoms with Crippen molar-refractivity contribution in [3.05, 3.63) is 31.4 Å². The number of carboxylic acid groups (broad SMARTS) is 1. The number of benzene rings is 1. The quantitative estimate of drug-likeness (QED) is 0.521. The minimum absolute atomic E-state index is 0.0746. The molecule has 6 nitrogen and oxygen atoms in total. The van der Waals surface area contributed by atoms with E-state index in [0.29, 0.717) is 3.57 Å². The number of rotatable bonds is 3. The van der Waals surface area contributed by atoms with Crippen LogP contribution in [0.15, 0.2) is 12.1 Å². The summed E-state index contributed by atoms with van der Waals surface area (Å²) in [7, 11) is 1.30. The van der Waals surface area contributed by atoms with E-state index in [4.69, 9.17) is 9.84 Å². The van der Waals surface area contributed by atoms with E-state index in [1.54, 1.807) is 22.6 Å². The highest BCUT2D eigenvalue weighted by Gasteiger charge is 2.21. The van der Waals surface area contributed by atoms with Crippen molar-refractivity contribution in [1.82, 2.24) is 0 Å². The number of halogens is 1. The molecule has 0 fully saturated rings. The second-order valence-corrected chi connectivity index (χ2v) is 3.73. The molecule has 7 heteroatoms. The van der Waals surface area contributed by atoms with Crippen LogP contribution >= 0.6 is 22.6 Å². The molecule has 0 unspecified atom stereocenters. The zero-order valence-corrected chi connectivity index (χ0v) is 9.72. The van der Waals surface area contributed by atoms with Gasteiger partial charge in [-0.25, -0.2) is 4.79 Å². The predicted octanol–water partition coefficient (Wildman–Crippen LogP) is 1.91. The van der Waals surface area contributed by atoms with E-state index < -0.39 is 10.9 Å². The van der Waals surface area contributed by atoms with E-state index in [2.05, 4.69) is 0 Å². The molecule has 0 heterocycles. The number of nitro benzene ring substituents is 1. The number of nitrogens with zero attached hydrogens (tertiary/aromatic N) is 1. The van der Waals surface area contributed by atoms with Gasteiger partial charge in [0.25, 0.3) is 0 Å². The van der Waals surface area contributed by atoms with Gasteiger partial charge in [-0.3, -0.25) is 10.1 Å². The molecule has 0 saturated heterocycles. The van der Waals surface area contributed by atoms with Gasteiger partial charge in [0.15, 0.2) is 0 Å². The first-order valence-corrected chi connectivity index (χ1v) is 4.80. The summed E-state index contributed by atoms with van der Waals surface area (Å²) < 4.78 is 5.22. The molecular weight excluding hydrogens is 317 g/mol. The highest BCUT2D eigenvalue weighted by Crippen LogP contribution is 2.33. The molecule has 0 bridgehead atoms. The summed E-state index contributed by atoms with van der Waals surface area (Å²) in [5.74, 6) is -1.13. The Morgan fingerprint density at radius 3 is 2.60 bits per heavy atom. The number of carboxylic acids is 1. The third kappa shape index (κ3) is 2.35. The van der Waals surface area contributed by atoms with Gasteiger partial charge in [0, 0.05) is 6.07 Å². The maximum Gasteiger partial charge on any atom is 0.335 e. The van der Waals surface area contributed by atoms with Gasteiger partial charge in [-0.05, 0) is 28.7 Å². The van der Waals surface area contributed by atoms with Crippen molar-refractivity contribution in [2.75, 3.05) is 7.11 Å². The molecule has 0 radical (unpaired) electrons. The fraction of sp³-hybridized carbons (Fsp3) is 0.125. The molecule has 0 saturated carbocycles. The van der Waals surface area contributed by atoms with Crippen LogP contribution in [0.5, 0.6) is 5.75 Å². The summed E-state index contributed by atoms with van der Waals surface area (Å²) in [5.41, 5.74) is -0.478. The fourth-order valence-electron chi connectivity index (χ4n) is 1.04. The SMILES string of the molecule is COc1c(I)cc(C(=O)O)cc1[N+](=O)[O-]. The zero-order valence-electron chi connectivity index (χ0n) is 7.56. The monoisotopic (exact) mass is 323 g/mol. The van der Waals surface area contributed by atoms with Crippen LogP contribution in [0.3, 0.4) is 0 Å². The molecule has 1 rings (SSSR count). The first-order chi connectivity index (χ1) is 6.97. The Balaban J connectivity index is 3.45. The van der Waals surface area contributed by atoms with Gasteiger partial charge in [-0.15, -0.1) is 0 Å². The highest BCUT2D eigenvalue weighted by molar-refractivity contribution is 14.1. The van der Waals surface area contributed by atoms with Crippen molar-refractivity contribution in [3.63, 3.8) is 0 Å². The van der Waals surface area contributed by atoms with Crippen molar-refractivity contribution < 1.29 is 19.6 Å². The minimum Gasteiger partial charge on any atom is -0.489 e. The molecule has 0 amide bonds. The van der Waals surface area contributed by atoms with Crippen LogP contribution < -0.4 is 4.74 Å². The van der Waals surface area contributed by atoms with Crippen LogP contribution in [0.4, 0.5) is 5.69 Å². The summed E-state index contributed by atoms with van der Waals surface area (Å²) in [6, 6.07) is 2.29. The normalized spacial score (nSPS) is 9.73. The standard InChI is InChI=1S/C8H6INO5/c1-15-7-5(9)2-4(8(11)12)3-6(7)10(13)14/h2-3H,1H3,(H,11,12). The number of methoxy groups -OCH3 is 1. The number of hydrogen-bond donors (Lipinski definition) is 1. The van der Waals surface area contributed by atoms with Gasteiger partial charge in [0.05, 0.1) is 21.2 Å². The maximum absolute atomic E-state index is 10.7. The van der Waals surface area contributed by atoms with Crippen LogP contribution in [0, 0.1) is 13.7 Å². The molecule has 1 N–H and O–H groups in total. The number of carbonyl (C=O) groups is 1. The third-order valence-corrected chi connectivity index (χ3v) is 2.47. The first kappa shape index (κ1) is 11.7. The highest BCUT2D eigenvalue weighted by atomic mass is 127. The second-order valence-electron chi connectivity index (χ2n) is 2.57. The van der Waals surface area contributed by atoms with E-state index in [1.807, 2.05) is 0 Å². The molecule has 1 aromatic rings. The second kappa shape index (κ2) is 4.43. The Morgan fingerprint density at radius 2 is 2.20 bits per heavy atom. The lowest BCUT2D eigenvalue weighted by Gasteiger charge is -2.05. The largest absolute Gasteiger partial charge is 0.489 e. The van der Waals surface area contributed by atoms with Crippen molar-refractivity contribution in [1.29, 1.82) is 0 Å². The number of hydrogen-bond acceptors (Lipinski definition) is 4. The van der Waals surface area contributed by atoms with Crippen molar-refractivity contribution >= 4 is 34.2 Å². The van der Waals surface area contributed by atoms with E-state index in [0.717, 1.165) is 6.07 Å². The first-order valence-electron chi connectivity index (χ1n) is 3.72. The lowest BCUT2D eigenvalue weighted by molar-refractivity contribution is -0.385. The average Bonchev–Trinajstić information content (AvgIpc) is 2.16. The van der Waals surface area contributed by atoms with Crippen LogP contribution in [0.1, 0.15) is 10.4 Å². The summed E-state index contributed by atoms with van der Waals surface area (Å²) in [5, 5.41) is 19.3. The molecule has 1 aromatic carbocycles. The third-order valence-electron chi connectivity index (χ3n) is 1.67. The summed E-state index contributed by atoms with van der Waals surface area (Å²) in [6.45, 7) is 0. The number of nitro groups is 1. The number of aromatic carboxylic acids is 1. The molecule has 15 heavy (non-hydrogen) atoms. The van der Waals surface area contributed by atoms with Crippen molar-refractivity contribution in [2.45, 2.75) is 0 Å². The van der Waals surface area contributed by atoms with Gasteiger partial charge in [-0.2, -0.15) is 0 Å². The van der Waals surface area contributed by atoms with E-state index in [9.17, 15) is 14.9 Å². The van der Waals surface area contributed by atoms with Crippen LogP contribution in [-0.2, 0) is 0 Å². The molecule has 0 atom stereocenters. The summed E-state index contributed by atoms with van der Waals surface area (Å²) >= 11 is 1.79. The molecule has 0 aliphatic rings. The topological polar surface area (TPSA) is 89.7 Å². The smallest absolute Gasteiger partial charge is 0.335 e. The summed E-state index contributed by atoms with van der Waals surface area (Å²) in [6.07, 6.45) is 0. The molecular formula is C8H6INO5. The summed E-state index contributed by atoms with van der Waals surface area (Å²) in [4.78, 5) is 20.6. The molecule has 0 spiro atoms. The van der Waals surface area contributed by atoms with Crippen molar-refractivity contribution in [2.24, 2.45) is 0 Å². The van der Waals surface area contributed by atoms with E-state index in [1.165, 1.54) is 13.2 Å². The Hall–Kier alpha value is -1.38. The van der Waals surface area contributed by atoms with Gasteiger partial charge in [0.1, 0.15) is 0 Å². The minimum atomic E-state index is -1.21. The predicted molar refractivity (Wildman–Crippen MR) is 59.3 cm³/mol. The van der Waals surface area contributed by atoms with Crippen LogP contribution in [0.2, 0.25) is 0 Å². The van der Waals surface area contributed by atoms with E-state index in [-0.39, 0.29) is 17.0 Å². The Bertz CT molecular complexity index is 431. The maximum atomic E-state index is 10.7. The average molecular weight is 323 g/mol. The Kier molecular flexibility index (Phi) is 3.45. The van der Waals surface area contributed by atoms with Gasteiger partial charge >= 0.3 is 11.7 Å².